The zero-order chi connectivity index (χ0) is 10.1. The van der Waals surface area contributed by atoms with Crippen LogP contribution in [0.4, 0.5) is 14.5 Å². The fraction of sp³-hybridized carbons (Fsp3) is 0.455. The molecule has 1 saturated carbocycles. The van der Waals surface area contributed by atoms with E-state index in [1.807, 2.05) is 0 Å². The van der Waals surface area contributed by atoms with Crippen molar-refractivity contribution >= 4 is 5.69 Å². The van der Waals surface area contributed by atoms with Gasteiger partial charge in [0.05, 0.1) is 0 Å². The van der Waals surface area contributed by atoms with Crippen LogP contribution in [0.1, 0.15) is 24.8 Å². The standard InChI is InChI=1S/C11H13F2N/c1-7-5-6-9(12)11(10(7)13)14-8-3-2-4-8/h5-6,8,14H,2-4H2,1H3. The highest BCUT2D eigenvalue weighted by Crippen LogP contribution is 2.27. The first-order valence-electron chi connectivity index (χ1n) is 4.89. The minimum Gasteiger partial charge on any atom is -0.378 e. The van der Waals surface area contributed by atoms with Gasteiger partial charge in [0.2, 0.25) is 0 Å². The van der Waals surface area contributed by atoms with Crippen LogP contribution in [0.2, 0.25) is 0 Å². The fourth-order valence-electron chi connectivity index (χ4n) is 1.55. The molecule has 1 fully saturated rings. The normalized spacial score (nSPS) is 16.5. The molecule has 0 bridgehead atoms. The van der Waals surface area contributed by atoms with E-state index in [-0.39, 0.29) is 11.7 Å². The van der Waals surface area contributed by atoms with Crippen LogP contribution < -0.4 is 5.32 Å². The number of anilines is 1. The van der Waals surface area contributed by atoms with Crippen molar-refractivity contribution in [2.75, 3.05) is 5.32 Å². The van der Waals surface area contributed by atoms with Gasteiger partial charge in [-0.2, -0.15) is 0 Å². The van der Waals surface area contributed by atoms with Crippen LogP contribution in [0, 0.1) is 18.6 Å². The lowest BCUT2D eigenvalue weighted by molar-refractivity contribution is 0.439. The van der Waals surface area contributed by atoms with Crippen molar-refractivity contribution in [1.29, 1.82) is 0 Å². The number of benzene rings is 1. The summed E-state index contributed by atoms with van der Waals surface area (Å²) in [6.07, 6.45) is 3.16. The van der Waals surface area contributed by atoms with Crippen molar-refractivity contribution in [2.24, 2.45) is 0 Å². The summed E-state index contributed by atoms with van der Waals surface area (Å²) < 4.78 is 26.7. The fourth-order valence-corrected chi connectivity index (χ4v) is 1.55. The van der Waals surface area contributed by atoms with E-state index in [9.17, 15) is 8.78 Å². The molecule has 1 N–H and O–H groups in total. The van der Waals surface area contributed by atoms with Gasteiger partial charge in [0.25, 0.3) is 0 Å². The Morgan fingerprint density at radius 3 is 2.57 bits per heavy atom. The number of aryl methyl sites for hydroxylation is 1. The zero-order valence-electron chi connectivity index (χ0n) is 8.11. The Morgan fingerprint density at radius 1 is 1.29 bits per heavy atom. The average molecular weight is 197 g/mol. The molecule has 0 aliphatic heterocycles. The molecule has 1 aromatic carbocycles. The van der Waals surface area contributed by atoms with E-state index in [0.717, 1.165) is 19.3 Å². The van der Waals surface area contributed by atoms with Gasteiger partial charge in [-0.3, -0.25) is 0 Å². The summed E-state index contributed by atoms with van der Waals surface area (Å²) >= 11 is 0. The lowest BCUT2D eigenvalue weighted by atomic mass is 9.93. The first-order valence-corrected chi connectivity index (χ1v) is 4.89. The van der Waals surface area contributed by atoms with Crippen LogP contribution >= 0.6 is 0 Å². The topological polar surface area (TPSA) is 12.0 Å². The second-order valence-corrected chi connectivity index (χ2v) is 3.83. The second kappa shape index (κ2) is 3.56. The SMILES string of the molecule is Cc1ccc(F)c(NC2CCC2)c1F. The summed E-state index contributed by atoms with van der Waals surface area (Å²) in [5, 5.41) is 2.91. The third kappa shape index (κ3) is 1.59. The molecule has 0 atom stereocenters. The van der Waals surface area contributed by atoms with E-state index in [1.54, 1.807) is 6.92 Å². The predicted octanol–water partition coefficient (Wildman–Crippen LogP) is 3.24. The van der Waals surface area contributed by atoms with Gasteiger partial charge in [-0.25, -0.2) is 8.78 Å². The third-order valence-corrected chi connectivity index (χ3v) is 2.74. The summed E-state index contributed by atoms with van der Waals surface area (Å²) in [4.78, 5) is 0. The third-order valence-electron chi connectivity index (χ3n) is 2.74. The van der Waals surface area contributed by atoms with Gasteiger partial charge in [-0.15, -0.1) is 0 Å². The number of halogens is 2. The Kier molecular flexibility index (Phi) is 2.40. The highest BCUT2D eigenvalue weighted by atomic mass is 19.1. The zero-order valence-corrected chi connectivity index (χ0v) is 8.11. The van der Waals surface area contributed by atoms with Gasteiger partial charge in [-0.1, -0.05) is 6.07 Å². The highest BCUT2D eigenvalue weighted by Gasteiger charge is 2.20. The molecule has 1 aliphatic carbocycles. The molecule has 3 heteroatoms. The predicted molar refractivity (Wildman–Crippen MR) is 52.4 cm³/mol. The smallest absolute Gasteiger partial charge is 0.152 e. The maximum absolute atomic E-state index is 13.5. The molecule has 1 aliphatic rings. The molecule has 1 nitrogen and oxygen atoms in total. The summed E-state index contributed by atoms with van der Waals surface area (Å²) in [5.41, 5.74) is 0.517. The van der Waals surface area contributed by atoms with Gasteiger partial charge in [0.15, 0.2) is 5.82 Å². The first-order chi connectivity index (χ1) is 6.68. The molecule has 0 aromatic heterocycles. The first kappa shape index (κ1) is 9.44. The Hall–Kier alpha value is -1.12. The quantitative estimate of drug-likeness (QED) is 0.767. The maximum atomic E-state index is 13.5. The molecule has 2 rings (SSSR count). The van der Waals surface area contributed by atoms with Gasteiger partial charge in [-0.05, 0) is 37.8 Å². The van der Waals surface area contributed by atoms with E-state index in [4.69, 9.17) is 0 Å². The lowest BCUT2D eigenvalue weighted by Gasteiger charge is -2.28. The molecule has 14 heavy (non-hydrogen) atoms. The molecule has 0 amide bonds. The van der Waals surface area contributed by atoms with E-state index in [0.29, 0.717) is 5.56 Å². The molecular weight excluding hydrogens is 184 g/mol. The van der Waals surface area contributed by atoms with Crippen LogP contribution in [0.15, 0.2) is 12.1 Å². The van der Waals surface area contributed by atoms with Crippen molar-refractivity contribution < 1.29 is 8.78 Å². The summed E-state index contributed by atoms with van der Waals surface area (Å²) in [7, 11) is 0. The van der Waals surface area contributed by atoms with Crippen LogP contribution in [0.5, 0.6) is 0 Å². The monoisotopic (exact) mass is 197 g/mol. The molecule has 1 aromatic rings. The average Bonchev–Trinajstić information content (AvgIpc) is 2.09. The molecule has 0 radical (unpaired) electrons. The molecular formula is C11H13F2N. The Labute approximate surface area is 82.1 Å². The molecule has 0 spiro atoms. The second-order valence-electron chi connectivity index (χ2n) is 3.83. The molecule has 0 unspecified atom stereocenters. The Balaban J connectivity index is 2.25. The Bertz CT molecular complexity index is 345. The van der Waals surface area contributed by atoms with E-state index >= 15 is 0 Å². The van der Waals surface area contributed by atoms with Crippen LogP contribution in [-0.4, -0.2) is 6.04 Å². The summed E-state index contributed by atoms with van der Waals surface area (Å²) in [6, 6.07) is 3.01. The number of rotatable bonds is 2. The molecule has 0 saturated heterocycles. The van der Waals surface area contributed by atoms with Crippen molar-refractivity contribution in [3.05, 3.63) is 29.3 Å². The van der Waals surface area contributed by atoms with Gasteiger partial charge in [0.1, 0.15) is 11.5 Å². The number of hydrogen-bond donors (Lipinski definition) is 1. The lowest BCUT2D eigenvalue weighted by Crippen LogP contribution is -2.28. The minimum atomic E-state index is -0.500. The van der Waals surface area contributed by atoms with Crippen LogP contribution in [0.3, 0.4) is 0 Å². The van der Waals surface area contributed by atoms with E-state index < -0.39 is 11.6 Å². The Morgan fingerprint density at radius 2 is 2.00 bits per heavy atom. The maximum Gasteiger partial charge on any atom is 0.152 e. The number of hydrogen-bond acceptors (Lipinski definition) is 1. The van der Waals surface area contributed by atoms with Crippen LogP contribution in [-0.2, 0) is 0 Å². The van der Waals surface area contributed by atoms with E-state index in [1.165, 1.54) is 12.1 Å². The summed E-state index contributed by atoms with van der Waals surface area (Å²) in [6.45, 7) is 1.64. The van der Waals surface area contributed by atoms with Crippen molar-refractivity contribution in [3.8, 4) is 0 Å². The largest absolute Gasteiger partial charge is 0.378 e. The van der Waals surface area contributed by atoms with Gasteiger partial charge in [0, 0.05) is 6.04 Å². The van der Waals surface area contributed by atoms with E-state index in [2.05, 4.69) is 5.32 Å². The molecule has 76 valence electrons. The van der Waals surface area contributed by atoms with Crippen molar-refractivity contribution in [3.63, 3.8) is 0 Å². The van der Waals surface area contributed by atoms with Crippen LogP contribution in [0.25, 0.3) is 0 Å². The molecule has 0 heterocycles. The minimum absolute atomic E-state index is 0.0368. The van der Waals surface area contributed by atoms with Crippen molar-refractivity contribution in [1.82, 2.24) is 0 Å². The van der Waals surface area contributed by atoms with Crippen molar-refractivity contribution in [2.45, 2.75) is 32.2 Å². The van der Waals surface area contributed by atoms with Gasteiger partial charge < -0.3 is 5.32 Å². The number of nitrogens with one attached hydrogen (secondary N) is 1. The highest BCUT2D eigenvalue weighted by molar-refractivity contribution is 5.49. The van der Waals surface area contributed by atoms with Gasteiger partial charge >= 0.3 is 0 Å². The summed E-state index contributed by atoms with van der Waals surface area (Å²) in [5.74, 6) is -0.961.